The van der Waals surface area contributed by atoms with E-state index in [9.17, 15) is 4.79 Å². The number of amides is 1. The smallest absolute Gasteiger partial charge is 0.234 e. The zero-order valence-electron chi connectivity index (χ0n) is 17.6. The highest BCUT2D eigenvalue weighted by Crippen LogP contribution is 2.27. The normalized spacial score (nSPS) is 11.0. The highest BCUT2D eigenvalue weighted by atomic mass is 35.5. The highest BCUT2D eigenvalue weighted by Gasteiger charge is 2.15. The Morgan fingerprint density at radius 3 is 2.42 bits per heavy atom. The van der Waals surface area contributed by atoms with Gasteiger partial charge in [0.25, 0.3) is 0 Å². The van der Waals surface area contributed by atoms with E-state index < -0.39 is 0 Å². The van der Waals surface area contributed by atoms with E-state index in [1.54, 1.807) is 18.2 Å². The van der Waals surface area contributed by atoms with Crippen LogP contribution in [-0.2, 0) is 11.3 Å². The minimum Gasteiger partial charge on any atom is -0.493 e. The summed E-state index contributed by atoms with van der Waals surface area (Å²) in [5.74, 6) is 2.05. The number of aromatic nitrogens is 3. The van der Waals surface area contributed by atoms with Gasteiger partial charge in [-0.15, -0.1) is 10.2 Å². The molecule has 164 valence electrons. The fraction of sp³-hybridized carbons (Fsp3) is 0.318. The highest BCUT2D eigenvalue weighted by molar-refractivity contribution is 7.99. The Labute approximate surface area is 196 Å². The van der Waals surface area contributed by atoms with Crippen molar-refractivity contribution in [3.05, 3.63) is 52.5 Å². The summed E-state index contributed by atoms with van der Waals surface area (Å²) in [6.07, 6.45) is 0. The van der Waals surface area contributed by atoms with E-state index >= 15 is 0 Å². The number of nitrogens with zero attached hydrogens (tertiary/aromatic N) is 3. The summed E-state index contributed by atoms with van der Waals surface area (Å²) in [5, 5.41) is 13.0. The molecule has 1 heterocycles. The summed E-state index contributed by atoms with van der Waals surface area (Å²) in [4.78, 5) is 12.3. The summed E-state index contributed by atoms with van der Waals surface area (Å²) in [6, 6.07) is 12.7. The second-order valence-electron chi connectivity index (χ2n) is 7.27. The van der Waals surface area contributed by atoms with Gasteiger partial charge in [-0.05, 0) is 55.3 Å². The molecule has 0 bridgehead atoms. The number of benzene rings is 2. The van der Waals surface area contributed by atoms with Crippen LogP contribution in [-0.4, -0.2) is 33.0 Å². The number of anilines is 1. The van der Waals surface area contributed by atoms with Gasteiger partial charge in [-0.3, -0.25) is 4.79 Å². The van der Waals surface area contributed by atoms with E-state index in [1.165, 1.54) is 11.8 Å². The maximum Gasteiger partial charge on any atom is 0.234 e. The van der Waals surface area contributed by atoms with Gasteiger partial charge < -0.3 is 14.6 Å². The molecule has 31 heavy (non-hydrogen) atoms. The molecule has 0 saturated carbocycles. The predicted molar refractivity (Wildman–Crippen MR) is 127 cm³/mol. The van der Waals surface area contributed by atoms with Crippen molar-refractivity contribution in [3.63, 3.8) is 0 Å². The number of rotatable bonds is 9. The van der Waals surface area contributed by atoms with Crippen LogP contribution >= 0.6 is 35.0 Å². The van der Waals surface area contributed by atoms with Crippen molar-refractivity contribution >= 4 is 46.6 Å². The third kappa shape index (κ3) is 6.63. The number of thioether (sulfide) groups is 1. The molecular formula is C22H24Cl2N4O2S. The summed E-state index contributed by atoms with van der Waals surface area (Å²) < 4.78 is 7.72. The zero-order chi connectivity index (χ0) is 22.4. The number of hydrogen-bond acceptors (Lipinski definition) is 5. The molecule has 0 fully saturated rings. The lowest BCUT2D eigenvalue weighted by molar-refractivity contribution is -0.113. The van der Waals surface area contributed by atoms with Gasteiger partial charge in [-0.25, -0.2) is 0 Å². The first kappa shape index (κ1) is 23.4. The largest absolute Gasteiger partial charge is 0.493 e. The van der Waals surface area contributed by atoms with Crippen molar-refractivity contribution in [1.29, 1.82) is 0 Å². The molecule has 2 aromatic carbocycles. The van der Waals surface area contributed by atoms with Crippen molar-refractivity contribution in [3.8, 4) is 17.1 Å². The summed E-state index contributed by atoms with van der Waals surface area (Å²) in [6.45, 7) is 7.60. The molecule has 3 aromatic rings. The molecule has 0 spiro atoms. The van der Waals surface area contributed by atoms with Crippen LogP contribution in [0.5, 0.6) is 5.75 Å². The molecular weight excluding hydrogens is 455 g/mol. The van der Waals surface area contributed by atoms with Crippen LogP contribution in [0.4, 0.5) is 5.69 Å². The van der Waals surface area contributed by atoms with Crippen molar-refractivity contribution in [2.24, 2.45) is 5.92 Å². The van der Waals surface area contributed by atoms with E-state index in [0.717, 1.165) is 17.1 Å². The van der Waals surface area contributed by atoms with Crippen LogP contribution in [0.25, 0.3) is 11.4 Å². The van der Waals surface area contributed by atoms with Gasteiger partial charge in [0.15, 0.2) is 11.0 Å². The van der Waals surface area contributed by atoms with Crippen LogP contribution in [0.2, 0.25) is 10.0 Å². The Morgan fingerprint density at radius 1 is 1.13 bits per heavy atom. The van der Waals surface area contributed by atoms with Crippen molar-refractivity contribution in [1.82, 2.24) is 14.8 Å². The third-order valence-electron chi connectivity index (χ3n) is 4.21. The number of nitrogens with one attached hydrogen (secondary N) is 1. The summed E-state index contributed by atoms with van der Waals surface area (Å²) in [5.41, 5.74) is 1.50. The molecule has 1 N–H and O–H groups in total. The zero-order valence-corrected chi connectivity index (χ0v) is 19.9. The SMILES string of the molecule is CCn1c(SCC(=O)Nc2cc(Cl)cc(Cl)c2)nnc1-c1ccc(OCC(C)C)cc1. The van der Waals surface area contributed by atoms with Crippen molar-refractivity contribution in [2.75, 3.05) is 17.7 Å². The summed E-state index contributed by atoms with van der Waals surface area (Å²) >= 11 is 13.3. The Balaban J connectivity index is 1.65. The van der Waals surface area contributed by atoms with E-state index in [-0.39, 0.29) is 11.7 Å². The monoisotopic (exact) mass is 478 g/mol. The van der Waals surface area contributed by atoms with Gasteiger partial charge >= 0.3 is 0 Å². The van der Waals surface area contributed by atoms with Gasteiger partial charge in [0.1, 0.15) is 5.75 Å². The van der Waals surface area contributed by atoms with Crippen molar-refractivity contribution < 1.29 is 9.53 Å². The fourth-order valence-corrected chi connectivity index (χ4v) is 4.14. The predicted octanol–water partition coefficient (Wildman–Crippen LogP) is 6.04. The Hall–Kier alpha value is -2.22. The number of halogens is 2. The van der Waals surface area contributed by atoms with Crippen LogP contribution in [0, 0.1) is 5.92 Å². The van der Waals surface area contributed by atoms with Crippen LogP contribution in [0.1, 0.15) is 20.8 Å². The minimum absolute atomic E-state index is 0.179. The maximum absolute atomic E-state index is 12.3. The fourth-order valence-electron chi connectivity index (χ4n) is 2.81. The van der Waals surface area contributed by atoms with Crippen molar-refractivity contribution in [2.45, 2.75) is 32.5 Å². The van der Waals surface area contributed by atoms with Gasteiger partial charge in [0.05, 0.1) is 12.4 Å². The number of carbonyl (C=O) groups excluding carboxylic acids is 1. The molecule has 9 heteroatoms. The number of carbonyl (C=O) groups is 1. The number of ether oxygens (including phenoxy) is 1. The molecule has 6 nitrogen and oxygen atoms in total. The Morgan fingerprint density at radius 2 is 1.81 bits per heavy atom. The van der Waals surface area contributed by atoms with Crippen LogP contribution in [0.15, 0.2) is 47.6 Å². The summed E-state index contributed by atoms with van der Waals surface area (Å²) in [7, 11) is 0. The average Bonchev–Trinajstić information content (AvgIpc) is 3.13. The van der Waals surface area contributed by atoms with E-state index in [4.69, 9.17) is 27.9 Å². The standard InChI is InChI=1S/C22H24Cl2N4O2S/c1-4-28-21(15-5-7-19(8-6-15)30-12-14(2)3)26-27-22(28)31-13-20(29)25-18-10-16(23)9-17(24)11-18/h5-11,14H,4,12-13H2,1-3H3,(H,25,29). The van der Waals surface area contributed by atoms with Gasteiger partial charge in [0.2, 0.25) is 5.91 Å². The van der Waals surface area contributed by atoms with Gasteiger partial charge in [-0.1, -0.05) is 48.8 Å². The number of hydrogen-bond donors (Lipinski definition) is 1. The molecule has 0 atom stereocenters. The molecule has 3 rings (SSSR count). The topological polar surface area (TPSA) is 69.0 Å². The maximum atomic E-state index is 12.3. The Bertz CT molecular complexity index is 1020. The molecule has 0 unspecified atom stereocenters. The molecule has 0 aliphatic heterocycles. The first-order chi connectivity index (χ1) is 14.9. The lowest BCUT2D eigenvalue weighted by Crippen LogP contribution is -2.14. The van der Waals surface area contributed by atoms with E-state index in [2.05, 4.69) is 29.4 Å². The molecule has 0 aliphatic rings. The van der Waals surface area contributed by atoms with E-state index in [1.807, 2.05) is 35.8 Å². The first-order valence-electron chi connectivity index (χ1n) is 9.91. The van der Waals surface area contributed by atoms with Gasteiger partial charge in [-0.2, -0.15) is 0 Å². The minimum atomic E-state index is -0.179. The molecule has 0 aliphatic carbocycles. The lowest BCUT2D eigenvalue weighted by atomic mass is 10.2. The molecule has 1 aromatic heterocycles. The van der Waals surface area contributed by atoms with Crippen LogP contribution < -0.4 is 10.1 Å². The van der Waals surface area contributed by atoms with Gasteiger partial charge in [0, 0.05) is 27.8 Å². The van der Waals surface area contributed by atoms with E-state index in [0.29, 0.717) is 40.0 Å². The lowest BCUT2D eigenvalue weighted by Gasteiger charge is -2.10. The molecule has 1 amide bonds. The second kappa shape index (κ2) is 10.9. The Kier molecular flexibility index (Phi) is 8.23. The third-order valence-corrected chi connectivity index (χ3v) is 5.61. The molecule has 0 saturated heterocycles. The molecule has 0 radical (unpaired) electrons. The van der Waals surface area contributed by atoms with Crippen LogP contribution in [0.3, 0.4) is 0 Å². The first-order valence-corrected chi connectivity index (χ1v) is 11.6. The second-order valence-corrected chi connectivity index (χ2v) is 9.09. The quantitative estimate of drug-likeness (QED) is 0.379. The average molecular weight is 479 g/mol.